The van der Waals surface area contributed by atoms with Crippen LogP contribution in [0.25, 0.3) is 0 Å². The second-order valence-corrected chi connectivity index (χ2v) is 5.19. The predicted molar refractivity (Wildman–Crippen MR) is 73.0 cm³/mol. The number of aliphatic hydroxyl groups is 1. The summed E-state index contributed by atoms with van der Waals surface area (Å²) in [5.41, 5.74) is 0. The Kier molecular flexibility index (Phi) is 7.03. The maximum Gasteiger partial charge on any atom is 0.326 e. The van der Waals surface area contributed by atoms with Crippen molar-refractivity contribution in [3.8, 4) is 0 Å². The zero-order valence-corrected chi connectivity index (χ0v) is 11.5. The number of hydrogen-bond donors (Lipinski definition) is 3. The van der Waals surface area contributed by atoms with Crippen molar-refractivity contribution in [3.63, 3.8) is 0 Å². The number of carboxylic acid groups (broad SMARTS) is 1. The number of nitrogens with one attached hydrogen (secondary N) is 1. The highest BCUT2D eigenvalue weighted by atomic mass is 32.2. The third kappa shape index (κ3) is 6.03. The van der Waals surface area contributed by atoms with E-state index in [4.69, 9.17) is 10.2 Å². The fourth-order valence-corrected chi connectivity index (χ4v) is 2.30. The van der Waals surface area contributed by atoms with E-state index in [2.05, 4.69) is 5.32 Å². The number of aliphatic carboxylic acids is 1. The standard InChI is InChI=1S/C13H16FNO4S/c14-9-1-3-10(4-2-9)20-8-6-12(17)15-11(5-7-16)13(18)19/h1-4,11,16H,5-8H2,(H,15,17)(H,18,19)/t11-/m0/s1. The number of carboxylic acids is 1. The summed E-state index contributed by atoms with van der Waals surface area (Å²) in [7, 11) is 0. The van der Waals surface area contributed by atoms with Crippen LogP contribution in [0.2, 0.25) is 0 Å². The van der Waals surface area contributed by atoms with Crippen molar-refractivity contribution in [1.29, 1.82) is 0 Å². The van der Waals surface area contributed by atoms with Crippen LogP contribution in [0, 0.1) is 5.82 Å². The molecular weight excluding hydrogens is 285 g/mol. The van der Waals surface area contributed by atoms with Crippen LogP contribution < -0.4 is 5.32 Å². The van der Waals surface area contributed by atoms with E-state index in [1.165, 1.54) is 23.9 Å². The molecule has 0 aromatic heterocycles. The number of benzene rings is 1. The molecule has 1 aromatic carbocycles. The molecule has 1 amide bonds. The molecule has 0 radical (unpaired) electrons. The predicted octanol–water partition coefficient (Wildman–Crippen LogP) is 1.26. The fraction of sp³-hybridized carbons (Fsp3) is 0.385. The summed E-state index contributed by atoms with van der Waals surface area (Å²) in [6, 6.07) is 4.84. The molecule has 20 heavy (non-hydrogen) atoms. The molecule has 0 spiro atoms. The van der Waals surface area contributed by atoms with Gasteiger partial charge in [-0.15, -0.1) is 11.8 Å². The van der Waals surface area contributed by atoms with Crippen LogP contribution in [-0.4, -0.2) is 40.5 Å². The molecule has 0 aliphatic rings. The van der Waals surface area contributed by atoms with Gasteiger partial charge in [-0.05, 0) is 24.3 Å². The first-order chi connectivity index (χ1) is 9.52. The van der Waals surface area contributed by atoms with Crippen molar-refractivity contribution in [3.05, 3.63) is 30.1 Å². The Morgan fingerprint density at radius 3 is 2.50 bits per heavy atom. The largest absolute Gasteiger partial charge is 0.480 e. The third-order valence-electron chi connectivity index (χ3n) is 2.46. The molecule has 0 aliphatic heterocycles. The average molecular weight is 301 g/mol. The molecule has 1 atom stereocenters. The topological polar surface area (TPSA) is 86.6 Å². The van der Waals surface area contributed by atoms with Gasteiger partial charge >= 0.3 is 5.97 Å². The Balaban J connectivity index is 2.32. The van der Waals surface area contributed by atoms with Crippen LogP contribution in [0.4, 0.5) is 4.39 Å². The van der Waals surface area contributed by atoms with E-state index in [0.717, 1.165) is 4.90 Å². The zero-order chi connectivity index (χ0) is 15.0. The number of carbonyl (C=O) groups excluding carboxylic acids is 1. The molecule has 110 valence electrons. The monoisotopic (exact) mass is 301 g/mol. The Labute approximate surface area is 120 Å². The molecule has 1 aromatic rings. The minimum atomic E-state index is -1.17. The number of thioether (sulfide) groups is 1. The third-order valence-corrected chi connectivity index (χ3v) is 3.48. The molecule has 0 saturated heterocycles. The molecular formula is C13H16FNO4S. The Morgan fingerprint density at radius 1 is 1.30 bits per heavy atom. The van der Waals surface area contributed by atoms with E-state index in [-0.39, 0.29) is 31.2 Å². The van der Waals surface area contributed by atoms with Gasteiger partial charge in [0.05, 0.1) is 0 Å². The Hall–Kier alpha value is -1.60. The van der Waals surface area contributed by atoms with E-state index in [1.54, 1.807) is 12.1 Å². The lowest BCUT2D eigenvalue weighted by Gasteiger charge is -2.12. The number of aliphatic hydroxyl groups excluding tert-OH is 1. The van der Waals surface area contributed by atoms with Gasteiger partial charge in [-0.1, -0.05) is 0 Å². The van der Waals surface area contributed by atoms with Crippen LogP contribution in [0.5, 0.6) is 0 Å². The molecule has 0 aliphatic carbocycles. The quantitative estimate of drug-likeness (QED) is 0.629. The lowest BCUT2D eigenvalue weighted by atomic mass is 10.2. The SMILES string of the molecule is O=C(CCSc1ccc(F)cc1)N[C@@H](CCO)C(=O)O. The normalized spacial score (nSPS) is 11.9. The summed E-state index contributed by atoms with van der Waals surface area (Å²) in [5, 5.41) is 19.9. The second kappa shape index (κ2) is 8.55. The van der Waals surface area contributed by atoms with Crippen molar-refractivity contribution in [2.75, 3.05) is 12.4 Å². The van der Waals surface area contributed by atoms with Crippen LogP contribution in [0.1, 0.15) is 12.8 Å². The number of amides is 1. The number of rotatable bonds is 8. The molecule has 7 heteroatoms. The van der Waals surface area contributed by atoms with Crippen LogP contribution >= 0.6 is 11.8 Å². The van der Waals surface area contributed by atoms with E-state index < -0.39 is 12.0 Å². The van der Waals surface area contributed by atoms with Gasteiger partial charge in [0.25, 0.3) is 0 Å². The molecule has 3 N–H and O–H groups in total. The summed E-state index contributed by atoms with van der Waals surface area (Å²) in [6.45, 7) is -0.304. The molecule has 0 fully saturated rings. The van der Waals surface area contributed by atoms with Crippen molar-refractivity contribution in [2.24, 2.45) is 0 Å². The first kappa shape index (κ1) is 16.5. The summed E-state index contributed by atoms with van der Waals surface area (Å²) >= 11 is 1.38. The highest BCUT2D eigenvalue weighted by Gasteiger charge is 2.18. The molecule has 0 unspecified atom stereocenters. The minimum absolute atomic E-state index is 0.0216. The lowest BCUT2D eigenvalue weighted by molar-refractivity contribution is -0.142. The molecule has 0 bridgehead atoms. The minimum Gasteiger partial charge on any atom is -0.480 e. The first-order valence-corrected chi connectivity index (χ1v) is 7.03. The summed E-state index contributed by atoms with van der Waals surface area (Å²) in [6.07, 6.45) is 0.128. The van der Waals surface area contributed by atoms with Crippen LogP contribution in [0.15, 0.2) is 29.2 Å². The van der Waals surface area contributed by atoms with Crippen LogP contribution in [0.3, 0.4) is 0 Å². The van der Waals surface area contributed by atoms with Gasteiger partial charge in [-0.25, -0.2) is 9.18 Å². The van der Waals surface area contributed by atoms with E-state index >= 15 is 0 Å². The lowest BCUT2D eigenvalue weighted by Crippen LogP contribution is -2.41. The number of hydrogen-bond acceptors (Lipinski definition) is 4. The first-order valence-electron chi connectivity index (χ1n) is 6.04. The van der Waals surface area contributed by atoms with E-state index in [9.17, 15) is 14.0 Å². The average Bonchev–Trinajstić information content (AvgIpc) is 2.40. The van der Waals surface area contributed by atoms with Gasteiger partial charge in [-0.3, -0.25) is 4.79 Å². The summed E-state index contributed by atoms with van der Waals surface area (Å²) in [5.74, 6) is -1.41. The molecule has 0 heterocycles. The zero-order valence-electron chi connectivity index (χ0n) is 10.7. The van der Waals surface area contributed by atoms with Crippen molar-refractivity contribution >= 4 is 23.6 Å². The van der Waals surface area contributed by atoms with Gasteiger partial charge in [0, 0.05) is 30.1 Å². The molecule has 5 nitrogen and oxygen atoms in total. The molecule has 1 rings (SSSR count). The Bertz CT molecular complexity index is 452. The van der Waals surface area contributed by atoms with E-state index in [0.29, 0.717) is 5.75 Å². The Morgan fingerprint density at radius 2 is 1.95 bits per heavy atom. The second-order valence-electron chi connectivity index (χ2n) is 4.02. The smallest absolute Gasteiger partial charge is 0.326 e. The van der Waals surface area contributed by atoms with Gasteiger partial charge in [0.1, 0.15) is 11.9 Å². The van der Waals surface area contributed by atoms with Crippen LogP contribution in [-0.2, 0) is 9.59 Å². The van der Waals surface area contributed by atoms with Crippen molar-refractivity contribution in [2.45, 2.75) is 23.8 Å². The van der Waals surface area contributed by atoms with Gasteiger partial charge in [-0.2, -0.15) is 0 Å². The maximum atomic E-state index is 12.7. The highest BCUT2D eigenvalue weighted by Crippen LogP contribution is 2.18. The number of halogens is 1. The van der Waals surface area contributed by atoms with Gasteiger partial charge in [0.15, 0.2) is 0 Å². The van der Waals surface area contributed by atoms with Gasteiger partial charge < -0.3 is 15.5 Å². The van der Waals surface area contributed by atoms with Crippen molar-refractivity contribution in [1.82, 2.24) is 5.32 Å². The van der Waals surface area contributed by atoms with Gasteiger partial charge in [0.2, 0.25) is 5.91 Å². The highest BCUT2D eigenvalue weighted by molar-refractivity contribution is 7.99. The summed E-state index contributed by atoms with van der Waals surface area (Å²) in [4.78, 5) is 23.2. The van der Waals surface area contributed by atoms with Crippen molar-refractivity contribution < 1.29 is 24.2 Å². The van der Waals surface area contributed by atoms with E-state index in [1.807, 2.05) is 0 Å². The maximum absolute atomic E-state index is 12.7. The fourth-order valence-electron chi connectivity index (χ4n) is 1.45. The number of carbonyl (C=O) groups is 2. The summed E-state index contributed by atoms with van der Waals surface area (Å²) < 4.78 is 12.7. The molecule has 0 saturated carbocycles.